The van der Waals surface area contributed by atoms with Gasteiger partial charge in [0.15, 0.2) is 0 Å². The second-order valence-electron chi connectivity index (χ2n) is 8.93. The molecule has 0 saturated carbocycles. The molecule has 1 amide bonds. The molecule has 5 rings (SSSR count). The van der Waals surface area contributed by atoms with E-state index in [1.165, 1.54) is 28.0 Å². The number of aromatic nitrogens is 3. The number of pyridine rings is 2. The molecule has 0 fully saturated rings. The lowest BCUT2D eigenvalue weighted by Gasteiger charge is -2.18. The van der Waals surface area contributed by atoms with E-state index < -0.39 is 11.9 Å². The van der Waals surface area contributed by atoms with Crippen LogP contribution in [0.3, 0.4) is 0 Å². The molecular weight excluding hydrogens is 469 g/mol. The molecule has 9 heteroatoms. The van der Waals surface area contributed by atoms with Crippen LogP contribution in [0.2, 0.25) is 0 Å². The van der Waals surface area contributed by atoms with Crippen molar-refractivity contribution in [3.05, 3.63) is 82.2 Å². The molecule has 1 aliphatic heterocycles. The van der Waals surface area contributed by atoms with Gasteiger partial charge in [-0.05, 0) is 48.7 Å². The summed E-state index contributed by atoms with van der Waals surface area (Å²) < 4.78 is 42.2. The van der Waals surface area contributed by atoms with Gasteiger partial charge in [0.1, 0.15) is 5.69 Å². The molecule has 4 heterocycles. The van der Waals surface area contributed by atoms with E-state index in [2.05, 4.69) is 16.5 Å². The van der Waals surface area contributed by atoms with Gasteiger partial charge in [-0.2, -0.15) is 13.2 Å². The van der Waals surface area contributed by atoms with Gasteiger partial charge in [-0.25, -0.2) is 0 Å². The number of hydrogen-bond donors (Lipinski definition) is 0. The Hall–Kier alpha value is -3.88. The van der Waals surface area contributed by atoms with Gasteiger partial charge in [-0.3, -0.25) is 19.1 Å². The van der Waals surface area contributed by atoms with Crippen LogP contribution in [0.5, 0.6) is 0 Å². The van der Waals surface area contributed by atoms with Crippen molar-refractivity contribution < 1.29 is 18.0 Å². The fourth-order valence-electron chi connectivity index (χ4n) is 5.06. The predicted molar refractivity (Wildman–Crippen MR) is 131 cm³/mol. The minimum atomic E-state index is -4.51. The molecule has 0 saturated heterocycles. The normalized spacial score (nSPS) is 14.1. The summed E-state index contributed by atoms with van der Waals surface area (Å²) in [5, 5.41) is 1.13. The Morgan fingerprint density at radius 1 is 1.03 bits per heavy atom. The maximum Gasteiger partial charge on any atom is 0.433 e. The van der Waals surface area contributed by atoms with Gasteiger partial charge < -0.3 is 9.47 Å². The van der Waals surface area contributed by atoms with E-state index >= 15 is 0 Å². The van der Waals surface area contributed by atoms with Crippen LogP contribution in [0.25, 0.3) is 27.7 Å². The van der Waals surface area contributed by atoms with Gasteiger partial charge in [-0.15, -0.1) is 0 Å². The fraction of sp³-hybridized carbons (Fsp3) is 0.296. The molecular formula is C27H25F3N4O2. The lowest BCUT2D eigenvalue weighted by atomic mass is 10.1. The number of hydrogen-bond acceptors (Lipinski definition) is 3. The van der Waals surface area contributed by atoms with E-state index in [0.29, 0.717) is 29.9 Å². The number of benzene rings is 1. The first-order valence-corrected chi connectivity index (χ1v) is 11.8. The zero-order chi connectivity index (χ0) is 25.6. The average Bonchev–Trinajstić information content (AvgIpc) is 2.98. The Bertz CT molecular complexity index is 1520. The Morgan fingerprint density at radius 2 is 1.81 bits per heavy atom. The summed E-state index contributed by atoms with van der Waals surface area (Å²) in [4.78, 5) is 30.2. The summed E-state index contributed by atoms with van der Waals surface area (Å²) in [6.07, 6.45) is -0.189. The van der Waals surface area contributed by atoms with Crippen LogP contribution >= 0.6 is 0 Å². The third-order valence-electron chi connectivity index (χ3n) is 6.87. The van der Waals surface area contributed by atoms with Crippen molar-refractivity contribution in [1.29, 1.82) is 0 Å². The summed E-state index contributed by atoms with van der Waals surface area (Å²) in [5.74, 6) is 0.0877. The molecule has 0 atom stereocenters. The standard InChI is InChI=1S/C27H25F3N4O2/c1-3-33-23-10-12-32(17(2)35)11-9-22(23)21-6-5-20(15-24(21)33)34-13-8-18(14-26(34)36)19-4-7-25(31-16-19)27(28,29)30/h4-8,13-16H,3,9-12H2,1-2H3. The summed E-state index contributed by atoms with van der Waals surface area (Å²) in [6, 6.07) is 11.2. The van der Waals surface area contributed by atoms with Crippen molar-refractivity contribution in [3.63, 3.8) is 0 Å². The molecule has 3 aromatic heterocycles. The van der Waals surface area contributed by atoms with Crippen molar-refractivity contribution in [2.45, 2.75) is 39.4 Å². The maximum absolute atomic E-state index is 13.0. The van der Waals surface area contributed by atoms with Crippen molar-refractivity contribution in [3.8, 4) is 16.8 Å². The van der Waals surface area contributed by atoms with Crippen LogP contribution in [0.1, 0.15) is 30.8 Å². The number of rotatable bonds is 3. The molecule has 0 spiro atoms. The molecule has 36 heavy (non-hydrogen) atoms. The zero-order valence-corrected chi connectivity index (χ0v) is 20.0. The zero-order valence-electron chi connectivity index (χ0n) is 20.0. The largest absolute Gasteiger partial charge is 0.433 e. The molecule has 0 radical (unpaired) electrons. The smallest absolute Gasteiger partial charge is 0.344 e. The van der Waals surface area contributed by atoms with Crippen LogP contribution in [0.15, 0.2) is 59.7 Å². The van der Waals surface area contributed by atoms with Crippen LogP contribution in [-0.2, 0) is 30.4 Å². The van der Waals surface area contributed by atoms with Gasteiger partial charge in [0, 0.05) is 68.1 Å². The third-order valence-corrected chi connectivity index (χ3v) is 6.87. The lowest BCUT2D eigenvalue weighted by Crippen LogP contribution is -2.31. The van der Waals surface area contributed by atoms with Crippen molar-refractivity contribution in [2.75, 3.05) is 13.1 Å². The highest BCUT2D eigenvalue weighted by Crippen LogP contribution is 2.31. The number of fused-ring (bicyclic) bond motifs is 3. The van der Waals surface area contributed by atoms with E-state index in [0.717, 1.165) is 42.6 Å². The van der Waals surface area contributed by atoms with Crippen molar-refractivity contribution in [2.24, 2.45) is 0 Å². The van der Waals surface area contributed by atoms with E-state index in [9.17, 15) is 22.8 Å². The highest BCUT2D eigenvalue weighted by atomic mass is 19.4. The minimum Gasteiger partial charge on any atom is -0.344 e. The highest BCUT2D eigenvalue weighted by molar-refractivity contribution is 5.88. The fourth-order valence-corrected chi connectivity index (χ4v) is 5.06. The first kappa shape index (κ1) is 23.8. The van der Waals surface area contributed by atoms with E-state index in [1.807, 2.05) is 23.1 Å². The van der Waals surface area contributed by atoms with Gasteiger partial charge in [0.2, 0.25) is 5.91 Å². The SMILES string of the molecule is CCn1c2c(c3ccc(-n4ccc(-c5ccc(C(F)(F)F)nc5)cc4=O)cc31)CCN(C(C)=O)CC2. The molecule has 4 aromatic rings. The third kappa shape index (κ3) is 4.19. The van der Waals surface area contributed by atoms with Gasteiger partial charge in [0.25, 0.3) is 5.56 Å². The molecule has 1 aliphatic rings. The number of nitrogens with zero attached hydrogens (tertiary/aromatic N) is 4. The maximum atomic E-state index is 13.0. The Kier molecular flexibility index (Phi) is 5.94. The summed E-state index contributed by atoms with van der Waals surface area (Å²) in [5.41, 5.74) is 3.89. The minimum absolute atomic E-state index is 0.0877. The molecule has 6 nitrogen and oxygen atoms in total. The van der Waals surface area contributed by atoms with Crippen LogP contribution in [0, 0.1) is 0 Å². The first-order chi connectivity index (χ1) is 17.2. The number of amides is 1. The van der Waals surface area contributed by atoms with Crippen LogP contribution in [-0.4, -0.2) is 38.0 Å². The monoisotopic (exact) mass is 494 g/mol. The highest BCUT2D eigenvalue weighted by Gasteiger charge is 2.32. The molecule has 1 aromatic carbocycles. The number of carbonyl (C=O) groups is 1. The summed E-state index contributed by atoms with van der Waals surface area (Å²) in [7, 11) is 0. The lowest BCUT2D eigenvalue weighted by molar-refractivity contribution is -0.141. The quantitative estimate of drug-likeness (QED) is 0.410. The van der Waals surface area contributed by atoms with E-state index in [4.69, 9.17) is 0 Å². The number of carbonyl (C=O) groups excluding carboxylic acids is 1. The molecule has 0 N–H and O–H groups in total. The van der Waals surface area contributed by atoms with Crippen molar-refractivity contribution >= 4 is 16.8 Å². The van der Waals surface area contributed by atoms with Crippen LogP contribution < -0.4 is 5.56 Å². The van der Waals surface area contributed by atoms with Crippen molar-refractivity contribution in [1.82, 2.24) is 19.0 Å². The first-order valence-electron chi connectivity index (χ1n) is 11.8. The molecule has 186 valence electrons. The number of alkyl halides is 3. The average molecular weight is 495 g/mol. The number of aryl methyl sites for hydroxylation is 1. The molecule has 0 aliphatic carbocycles. The Balaban J connectivity index is 1.50. The Morgan fingerprint density at radius 3 is 2.44 bits per heavy atom. The van der Waals surface area contributed by atoms with E-state index in [1.54, 1.807) is 19.2 Å². The predicted octanol–water partition coefficient (Wildman–Crippen LogP) is 4.84. The second-order valence-corrected chi connectivity index (χ2v) is 8.93. The molecule has 0 unspecified atom stereocenters. The van der Waals surface area contributed by atoms with E-state index in [-0.39, 0.29) is 11.5 Å². The molecule has 0 bridgehead atoms. The van der Waals surface area contributed by atoms with Gasteiger partial charge >= 0.3 is 6.18 Å². The van der Waals surface area contributed by atoms with Crippen LogP contribution in [0.4, 0.5) is 13.2 Å². The van der Waals surface area contributed by atoms with Gasteiger partial charge in [-0.1, -0.05) is 12.1 Å². The summed E-state index contributed by atoms with van der Waals surface area (Å²) >= 11 is 0. The topological polar surface area (TPSA) is 60.1 Å². The summed E-state index contributed by atoms with van der Waals surface area (Å²) in [6.45, 7) is 5.83. The second kappa shape index (κ2) is 8.96. The van der Waals surface area contributed by atoms with Gasteiger partial charge in [0.05, 0.1) is 11.2 Å². The Labute approximate surface area is 205 Å². The number of halogens is 3.